The molecule has 0 bridgehead atoms. The second-order valence-corrected chi connectivity index (χ2v) is 5.20. The summed E-state index contributed by atoms with van der Waals surface area (Å²) in [5, 5.41) is 0. The summed E-state index contributed by atoms with van der Waals surface area (Å²) in [6.07, 6.45) is 0.167. The summed E-state index contributed by atoms with van der Waals surface area (Å²) in [7, 11) is 2.08. The van der Waals surface area contributed by atoms with E-state index in [1.807, 2.05) is 32.0 Å². The first-order valence-corrected chi connectivity index (χ1v) is 6.17. The Bertz CT molecular complexity index is 361. The first-order valence-electron chi connectivity index (χ1n) is 6.17. The molecule has 0 aliphatic carbocycles. The summed E-state index contributed by atoms with van der Waals surface area (Å²) >= 11 is 0. The highest BCUT2D eigenvalue weighted by molar-refractivity contribution is 5.60. The Morgan fingerprint density at radius 2 is 1.82 bits per heavy atom. The van der Waals surface area contributed by atoms with Crippen molar-refractivity contribution in [1.29, 1.82) is 0 Å². The van der Waals surface area contributed by atoms with Gasteiger partial charge in [0.2, 0.25) is 0 Å². The molecule has 0 aliphatic rings. The van der Waals surface area contributed by atoms with Gasteiger partial charge in [-0.3, -0.25) is 0 Å². The van der Waals surface area contributed by atoms with Crippen LogP contribution in [0, 0.1) is 5.92 Å². The van der Waals surface area contributed by atoms with Crippen LogP contribution >= 0.6 is 0 Å². The maximum absolute atomic E-state index is 5.90. The molecule has 1 aromatic rings. The minimum Gasteiger partial charge on any atom is -0.491 e. The van der Waals surface area contributed by atoms with Crippen LogP contribution in [0.15, 0.2) is 18.2 Å². The summed E-state index contributed by atoms with van der Waals surface area (Å²) < 4.78 is 5.68. The third-order valence-electron chi connectivity index (χ3n) is 2.37. The fourth-order valence-corrected chi connectivity index (χ4v) is 1.82. The number of nitrogens with zero attached hydrogens (tertiary/aromatic N) is 1. The quantitative estimate of drug-likeness (QED) is 0.798. The lowest BCUT2D eigenvalue weighted by Gasteiger charge is -2.23. The molecule has 0 radical (unpaired) electrons. The number of nitrogens with two attached hydrogens (primary N) is 1. The molecule has 0 spiro atoms. The maximum atomic E-state index is 5.90. The SMILES string of the molecule is CC(C)CN(C)c1cc(N)cc(OC(C)C)c1. The zero-order chi connectivity index (χ0) is 13.0. The van der Waals surface area contributed by atoms with Crippen molar-refractivity contribution in [2.24, 2.45) is 5.92 Å². The van der Waals surface area contributed by atoms with Crippen molar-refractivity contribution >= 4 is 11.4 Å². The number of rotatable bonds is 5. The largest absolute Gasteiger partial charge is 0.491 e. The van der Waals surface area contributed by atoms with Crippen molar-refractivity contribution in [3.05, 3.63) is 18.2 Å². The Kier molecular flexibility index (Phi) is 4.67. The van der Waals surface area contributed by atoms with Gasteiger partial charge >= 0.3 is 0 Å². The molecule has 0 unspecified atom stereocenters. The molecule has 96 valence electrons. The molecule has 0 saturated carbocycles. The number of ether oxygens (including phenoxy) is 1. The first kappa shape index (κ1) is 13.7. The number of hydrogen-bond acceptors (Lipinski definition) is 3. The zero-order valence-corrected chi connectivity index (χ0v) is 11.5. The van der Waals surface area contributed by atoms with Crippen LogP contribution in [0.1, 0.15) is 27.7 Å². The number of benzene rings is 1. The Morgan fingerprint density at radius 3 is 2.35 bits per heavy atom. The van der Waals surface area contributed by atoms with Crippen molar-refractivity contribution in [1.82, 2.24) is 0 Å². The molecule has 3 nitrogen and oxygen atoms in total. The topological polar surface area (TPSA) is 38.5 Å². The van der Waals surface area contributed by atoms with E-state index in [1.54, 1.807) is 0 Å². The fraction of sp³-hybridized carbons (Fsp3) is 0.571. The van der Waals surface area contributed by atoms with Gasteiger partial charge in [-0.25, -0.2) is 0 Å². The van der Waals surface area contributed by atoms with E-state index in [2.05, 4.69) is 25.8 Å². The summed E-state index contributed by atoms with van der Waals surface area (Å²) in [4.78, 5) is 2.20. The van der Waals surface area contributed by atoms with Crippen LogP contribution in [0.5, 0.6) is 5.75 Å². The molecule has 1 aromatic carbocycles. The molecule has 0 aromatic heterocycles. The van der Waals surface area contributed by atoms with E-state index in [4.69, 9.17) is 10.5 Å². The average molecular weight is 236 g/mol. The molecule has 0 saturated heterocycles. The maximum Gasteiger partial charge on any atom is 0.123 e. The standard InChI is InChI=1S/C14H24N2O/c1-10(2)9-16(5)13-6-12(15)7-14(8-13)17-11(3)4/h6-8,10-11H,9,15H2,1-5H3. The molecule has 0 heterocycles. The highest BCUT2D eigenvalue weighted by Crippen LogP contribution is 2.26. The van der Waals surface area contributed by atoms with Crippen LogP contribution < -0.4 is 15.4 Å². The van der Waals surface area contributed by atoms with E-state index in [0.717, 1.165) is 23.7 Å². The smallest absolute Gasteiger partial charge is 0.123 e. The molecule has 0 fully saturated rings. The van der Waals surface area contributed by atoms with Crippen LogP contribution in [-0.2, 0) is 0 Å². The van der Waals surface area contributed by atoms with Crippen molar-refractivity contribution in [2.45, 2.75) is 33.8 Å². The molecular formula is C14H24N2O. The first-order chi connectivity index (χ1) is 7.88. The molecule has 0 amide bonds. The lowest BCUT2D eigenvalue weighted by Crippen LogP contribution is -2.22. The van der Waals surface area contributed by atoms with Crippen LogP contribution in [0.4, 0.5) is 11.4 Å². The van der Waals surface area contributed by atoms with E-state index in [-0.39, 0.29) is 6.10 Å². The van der Waals surface area contributed by atoms with Gasteiger partial charge in [-0.1, -0.05) is 13.8 Å². The highest BCUT2D eigenvalue weighted by atomic mass is 16.5. The number of hydrogen-bond donors (Lipinski definition) is 1. The van der Waals surface area contributed by atoms with Crippen molar-refractivity contribution in [3.8, 4) is 5.75 Å². The molecule has 0 atom stereocenters. The van der Waals surface area contributed by atoms with Crippen LogP contribution in [0.3, 0.4) is 0 Å². The van der Waals surface area contributed by atoms with Gasteiger partial charge in [0, 0.05) is 37.1 Å². The van der Waals surface area contributed by atoms with Gasteiger partial charge in [-0.15, -0.1) is 0 Å². The Labute approximate surface area is 105 Å². The van der Waals surface area contributed by atoms with Gasteiger partial charge in [0.05, 0.1) is 6.10 Å². The minimum atomic E-state index is 0.167. The second kappa shape index (κ2) is 5.80. The monoisotopic (exact) mass is 236 g/mol. The normalized spacial score (nSPS) is 11.0. The fourth-order valence-electron chi connectivity index (χ4n) is 1.82. The van der Waals surface area contributed by atoms with Crippen LogP contribution in [0.25, 0.3) is 0 Å². The van der Waals surface area contributed by atoms with Crippen molar-refractivity contribution < 1.29 is 4.74 Å². The average Bonchev–Trinajstić information content (AvgIpc) is 2.14. The Morgan fingerprint density at radius 1 is 1.18 bits per heavy atom. The van der Waals surface area contributed by atoms with Crippen molar-refractivity contribution in [3.63, 3.8) is 0 Å². The Hall–Kier alpha value is -1.38. The van der Waals surface area contributed by atoms with Crippen molar-refractivity contribution in [2.75, 3.05) is 24.2 Å². The molecular weight excluding hydrogens is 212 g/mol. The summed E-state index contributed by atoms with van der Waals surface area (Å²) in [5.41, 5.74) is 7.75. The molecule has 0 aliphatic heterocycles. The molecule has 17 heavy (non-hydrogen) atoms. The van der Waals surface area contributed by atoms with Gasteiger partial charge < -0.3 is 15.4 Å². The third kappa shape index (κ3) is 4.55. The molecule has 2 N–H and O–H groups in total. The van der Waals surface area contributed by atoms with Gasteiger partial charge in [0.1, 0.15) is 5.75 Å². The second-order valence-electron chi connectivity index (χ2n) is 5.20. The molecule has 1 rings (SSSR count). The predicted octanol–water partition coefficient (Wildman–Crippen LogP) is 3.15. The zero-order valence-electron chi connectivity index (χ0n) is 11.5. The van der Waals surface area contributed by atoms with E-state index in [1.165, 1.54) is 0 Å². The van der Waals surface area contributed by atoms with E-state index in [0.29, 0.717) is 5.92 Å². The van der Waals surface area contributed by atoms with Gasteiger partial charge in [-0.05, 0) is 25.8 Å². The highest BCUT2D eigenvalue weighted by Gasteiger charge is 2.07. The minimum absolute atomic E-state index is 0.167. The summed E-state index contributed by atoms with van der Waals surface area (Å²) in [5.74, 6) is 1.46. The van der Waals surface area contributed by atoms with Gasteiger partial charge in [0.15, 0.2) is 0 Å². The lowest BCUT2D eigenvalue weighted by molar-refractivity contribution is 0.242. The van der Waals surface area contributed by atoms with E-state index >= 15 is 0 Å². The van der Waals surface area contributed by atoms with E-state index < -0.39 is 0 Å². The molecule has 3 heteroatoms. The van der Waals surface area contributed by atoms with Gasteiger partial charge in [-0.2, -0.15) is 0 Å². The summed E-state index contributed by atoms with van der Waals surface area (Å²) in [6.45, 7) is 9.44. The van der Waals surface area contributed by atoms with Gasteiger partial charge in [0.25, 0.3) is 0 Å². The number of anilines is 2. The Balaban J connectivity index is 2.88. The lowest BCUT2D eigenvalue weighted by atomic mass is 10.2. The van der Waals surface area contributed by atoms with E-state index in [9.17, 15) is 0 Å². The number of nitrogen functional groups attached to an aromatic ring is 1. The summed E-state index contributed by atoms with van der Waals surface area (Å²) in [6, 6.07) is 5.89. The van der Waals surface area contributed by atoms with Crippen LogP contribution in [-0.4, -0.2) is 19.7 Å². The predicted molar refractivity (Wildman–Crippen MR) is 74.7 cm³/mol. The third-order valence-corrected chi connectivity index (χ3v) is 2.37. The van der Waals surface area contributed by atoms with Crippen LogP contribution in [0.2, 0.25) is 0 Å².